The minimum Gasteiger partial charge on any atom is -0.352 e. The topological polar surface area (TPSA) is 86.8 Å². The molecule has 240 valence electrons. The van der Waals surface area contributed by atoms with Crippen molar-refractivity contribution in [1.82, 2.24) is 10.2 Å². The number of benzene rings is 4. The summed E-state index contributed by atoms with van der Waals surface area (Å²) in [6.07, 6.45) is 4.13. The van der Waals surface area contributed by atoms with Gasteiger partial charge in [0.05, 0.1) is 10.6 Å². The maximum absolute atomic E-state index is 14.7. The minimum absolute atomic E-state index is 0.0406. The number of nitrogens with one attached hydrogen (secondary N) is 1. The van der Waals surface area contributed by atoms with Crippen molar-refractivity contribution < 1.29 is 18.0 Å². The normalized spacial score (nSPS) is 14.1. The molecule has 9 heteroatoms. The molecule has 4 aromatic carbocycles. The monoisotopic (exact) mass is 657 g/mol. The molecular formula is C37H40ClN3O4S. The molecule has 7 nitrogen and oxygen atoms in total. The van der Waals surface area contributed by atoms with E-state index in [0.717, 1.165) is 42.4 Å². The first-order chi connectivity index (χ1) is 22.1. The summed E-state index contributed by atoms with van der Waals surface area (Å²) in [5.41, 5.74) is 3.60. The van der Waals surface area contributed by atoms with E-state index in [-0.39, 0.29) is 29.8 Å². The number of sulfonamides is 1. The number of aryl methyl sites for hydroxylation is 2. The third-order valence-electron chi connectivity index (χ3n) is 8.46. The Morgan fingerprint density at radius 3 is 2.17 bits per heavy atom. The lowest BCUT2D eigenvalue weighted by Gasteiger charge is -2.34. The molecule has 1 aliphatic carbocycles. The smallest absolute Gasteiger partial charge is 0.264 e. The van der Waals surface area contributed by atoms with Gasteiger partial charge in [-0.15, -0.1) is 0 Å². The second-order valence-corrected chi connectivity index (χ2v) is 14.3. The molecule has 0 aromatic heterocycles. The highest BCUT2D eigenvalue weighted by Gasteiger charge is 2.36. The zero-order valence-corrected chi connectivity index (χ0v) is 27.8. The number of halogens is 1. The molecule has 1 atom stereocenters. The van der Waals surface area contributed by atoms with Gasteiger partial charge in [0, 0.05) is 24.0 Å². The highest BCUT2D eigenvalue weighted by molar-refractivity contribution is 7.92. The number of hydrogen-bond acceptors (Lipinski definition) is 4. The second-order valence-electron chi connectivity index (χ2n) is 12.0. The van der Waals surface area contributed by atoms with E-state index in [1.54, 1.807) is 42.5 Å². The van der Waals surface area contributed by atoms with Crippen LogP contribution < -0.4 is 9.62 Å². The van der Waals surface area contributed by atoms with Gasteiger partial charge < -0.3 is 10.2 Å². The quantitative estimate of drug-likeness (QED) is 0.181. The Bertz CT molecular complexity index is 1760. The summed E-state index contributed by atoms with van der Waals surface area (Å²) < 4.78 is 29.7. The predicted octanol–water partition coefficient (Wildman–Crippen LogP) is 6.85. The van der Waals surface area contributed by atoms with Crippen LogP contribution in [0.4, 0.5) is 5.69 Å². The number of nitrogens with zero attached hydrogens (tertiary/aromatic N) is 2. The lowest BCUT2D eigenvalue weighted by molar-refractivity contribution is -0.140. The molecule has 1 saturated carbocycles. The van der Waals surface area contributed by atoms with Gasteiger partial charge in [-0.3, -0.25) is 13.9 Å². The van der Waals surface area contributed by atoms with Gasteiger partial charge in [0.1, 0.15) is 12.6 Å². The van der Waals surface area contributed by atoms with Crippen LogP contribution in [0.25, 0.3) is 0 Å². The van der Waals surface area contributed by atoms with E-state index in [2.05, 4.69) is 5.32 Å². The van der Waals surface area contributed by atoms with E-state index >= 15 is 0 Å². The van der Waals surface area contributed by atoms with Crippen molar-refractivity contribution in [2.24, 2.45) is 0 Å². The van der Waals surface area contributed by atoms with Gasteiger partial charge in [-0.2, -0.15) is 0 Å². The Morgan fingerprint density at radius 2 is 1.50 bits per heavy atom. The summed E-state index contributed by atoms with van der Waals surface area (Å²) >= 11 is 6.35. The van der Waals surface area contributed by atoms with Crippen LogP contribution in [0.15, 0.2) is 108 Å². The molecular weight excluding hydrogens is 618 g/mol. The van der Waals surface area contributed by atoms with Crippen LogP contribution in [0.2, 0.25) is 5.02 Å². The Kier molecular flexibility index (Phi) is 10.8. The molecule has 0 aliphatic heterocycles. The van der Waals surface area contributed by atoms with Crippen molar-refractivity contribution in [1.29, 1.82) is 0 Å². The Morgan fingerprint density at radius 1 is 0.848 bits per heavy atom. The molecule has 0 bridgehead atoms. The van der Waals surface area contributed by atoms with E-state index in [1.807, 2.05) is 62.4 Å². The summed E-state index contributed by atoms with van der Waals surface area (Å²) in [5.74, 6) is -0.752. The lowest BCUT2D eigenvalue weighted by atomic mass is 10.0. The zero-order valence-electron chi connectivity index (χ0n) is 26.2. The van der Waals surface area contributed by atoms with Gasteiger partial charge in [-0.25, -0.2) is 8.42 Å². The van der Waals surface area contributed by atoms with Crippen LogP contribution >= 0.6 is 11.6 Å². The molecule has 0 saturated heterocycles. The fourth-order valence-corrected chi connectivity index (χ4v) is 7.68. The number of carbonyl (C=O) groups excluding carboxylic acids is 2. The number of amides is 2. The molecule has 5 rings (SSSR count). The Balaban J connectivity index is 1.58. The molecule has 0 radical (unpaired) electrons. The van der Waals surface area contributed by atoms with Crippen LogP contribution in [0.5, 0.6) is 0 Å². The van der Waals surface area contributed by atoms with Crippen molar-refractivity contribution in [2.45, 2.75) is 69.5 Å². The van der Waals surface area contributed by atoms with Crippen LogP contribution in [0.1, 0.15) is 47.9 Å². The Labute approximate surface area is 277 Å². The minimum atomic E-state index is -4.16. The maximum atomic E-state index is 14.7. The first-order valence-electron chi connectivity index (χ1n) is 15.6. The SMILES string of the molecule is Cc1ccc(C)c(N(CC(=O)N(Cc2cccc(Cl)c2)C(Cc2ccccc2)C(=O)NC2CCCC2)S(=O)(=O)c2ccccc2)c1. The highest BCUT2D eigenvalue weighted by Crippen LogP contribution is 2.29. The number of carbonyl (C=O) groups is 2. The number of anilines is 1. The fourth-order valence-electron chi connectivity index (χ4n) is 5.97. The van der Waals surface area contributed by atoms with Gasteiger partial charge in [0.25, 0.3) is 10.0 Å². The molecule has 2 amide bonds. The van der Waals surface area contributed by atoms with E-state index in [9.17, 15) is 18.0 Å². The standard InChI is InChI=1S/C37H40ClN3O4S/c1-27-20-21-28(2)34(22-27)41(46(44,45)33-18-7-4-8-19-33)26-36(42)40(25-30-14-11-15-31(38)23-30)35(24-29-12-5-3-6-13-29)37(43)39-32-16-9-10-17-32/h3-8,11-15,18-23,32,35H,9-10,16-17,24-26H2,1-2H3,(H,39,43). The van der Waals surface area contributed by atoms with Gasteiger partial charge in [-0.05, 0) is 79.3 Å². The molecule has 1 fully saturated rings. The lowest BCUT2D eigenvalue weighted by Crippen LogP contribution is -2.54. The maximum Gasteiger partial charge on any atom is 0.264 e. The molecule has 1 aliphatic rings. The van der Waals surface area contributed by atoms with E-state index in [1.165, 1.54) is 21.3 Å². The van der Waals surface area contributed by atoms with E-state index in [0.29, 0.717) is 16.3 Å². The highest BCUT2D eigenvalue weighted by atomic mass is 35.5. The van der Waals surface area contributed by atoms with E-state index < -0.39 is 28.5 Å². The molecule has 46 heavy (non-hydrogen) atoms. The first-order valence-corrected chi connectivity index (χ1v) is 17.5. The average molecular weight is 658 g/mol. The molecule has 0 spiro atoms. The first kappa shape index (κ1) is 33.2. The van der Waals surface area contributed by atoms with Crippen molar-refractivity contribution >= 4 is 39.1 Å². The summed E-state index contributed by atoms with van der Waals surface area (Å²) in [6, 6.07) is 29.5. The van der Waals surface area contributed by atoms with Gasteiger partial charge in [0.15, 0.2) is 0 Å². The summed E-state index contributed by atoms with van der Waals surface area (Å²) in [5, 5.41) is 3.70. The summed E-state index contributed by atoms with van der Waals surface area (Å²) in [7, 11) is -4.16. The summed E-state index contributed by atoms with van der Waals surface area (Å²) in [6.45, 7) is 3.28. The van der Waals surface area contributed by atoms with Crippen LogP contribution in [0.3, 0.4) is 0 Å². The molecule has 1 unspecified atom stereocenters. The Hall–Kier alpha value is -4.14. The van der Waals surface area contributed by atoms with Crippen molar-refractivity contribution in [2.75, 3.05) is 10.8 Å². The molecule has 0 heterocycles. The average Bonchev–Trinajstić information content (AvgIpc) is 3.56. The number of rotatable bonds is 12. The third kappa shape index (κ3) is 8.17. The van der Waals surface area contributed by atoms with Crippen LogP contribution in [-0.2, 0) is 32.6 Å². The largest absolute Gasteiger partial charge is 0.352 e. The third-order valence-corrected chi connectivity index (χ3v) is 10.5. The van der Waals surface area contributed by atoms with Crippen LogP contribution in [-0.4, -0.2) is 43.8 Å². The van der Waals surface area contributed by atoms with E-state index in [4.69, 9.17) is 11.6 Å². The fraction of sp³-hybridized carbons (Fsp3) is 0.297. The van der Waals surface area contributed by atoms with Crippen molar-refractivity contribution in [3.05, 3.63) is 130 Å². The zero-order chi connectivity index (χ0) is 32.7. The second kappa shape index (κ2) is 15.0. The van der Waals surface area contributed by atoms with Gasteiger partial charge in [0.2, 0.25) is 11.8 Å². The molecule has 1 N–H and O–H groups in total. The summed E-state index contributed by atoms with van der Waals surface area (Å²) in [4.78, 5) is 30.4. The van der Waals surface area contributed by atoms with Gasteiger partial charge in [-0.1, -0.05) is 97.2 Å². The van der Waals surface area contributed by atoms with Crippen molar-refractivity contribution in [3.63, 3.8) is 0 Å². The van der Waals surface area contributed by atoms with Gasteiger partial charge >= 0.3 is 0 Å². The predicted molar refractivity (Wildman–Crippen MR) is 183 cm³/mol. The van der Waals surface area contributed by atoms with Crippen LogP contribution in [0, 0.1) is 13.8 Å². The van der Waals surface area contributed by atoms with Crippen molar-refractivity contribution in [3.8, 4) is 0 Å². The molecule has 4 aromatic rings. The number of hydrogen-bond donors (Lipinski definition) is 1.